The molecule has 2 heterocycles. The minimum Gasteiger partial charge on any atom is -0.448 e. The van der Waals surface area contributed by atoms with E-state index in [4.69, 9.17) is 20.9 Å². The van der Waals surface area contributed by atoms with Crippen LogP contribution < -0.4 is 20.9 Å². The Hall–Kier alpha value is -2.50. The molecule has 1 fully saturated rings. The van der Waals surface area contributed by atoms with Crippen molar-refractivity contribution in [2.45, 2.75) is 37.9 Å². The number of ether oxygens (including phenoxy) is 2. The van der Waals surface area contributed by atoms with Crippen molar-refractivity contribution < 1.29 is 9.47 Å². The highest BCUT2D eigenvalue weighted by atomic mass is 16.7. The number of aromatic nitrogens is 2. The van der Waals surface area contributed by atoms with Crippen LogP contribution in [0, 0.1) is 0 Å². The molecule has 1 aliphatic carbocycles. The number of anilines is 2. The highest BCUT2D eigenvalue weighted by Crippen LogP contribution is 2.46. The highest BCUT2D eigenvalue weighted by Gasteiger charge is 2.43. The minimum absolute atomic E-state index is 0.190. The van der Waals surface area contributed by atoms with Gasteiger partial charge in [-0.3, -0.25) is 0 Å². The van der Waals surface area contributed by atoms with Gasteiger partial charge in [-0.1, -0.05) is 6.07 Å². The monoisotopic (exact) mass is 298 g/mol. The van der Waals surface area contributed by atoms with Gasteiger partial charge in [-0.2, -0.15) is 4.98 Å². The number of nitrogen functional groups attached to an aromatic ring is 2. The number of benzene rings is 1. The SMILES string of the molecule is Nc1ncc(Cc2ccc3c(c2)OC2(CCCC2)O3)c(N)n1. The zero-order valence-corrected chi connectivity index (χ0v) is 12.2. The van der Waals surface area contributed by atoms with Crippen LogP contribution in [0.4, 0.5) is 11.8 Å². The van der Waals surface area contributed by atoms with Crippen molar-refractivity contribution in [2.75, 3.05) is 11.5 Å². The van der Waals surface area contributed by atoms with Crippen LogP contribution in [0.25, 0.3) is 0 Å². The molecule has 1 aliphatic heterocycles. The summed E-state index contributed by atoms with van der Waals surface area (Å²) in [6.45, 7) is 0. The summed E-state index contributed by atoms with van der Waals surface area (Å²) in [5.74, 6) is 1.82. The molecule has 0 saturated heterocycles. The first-order chi connectivity index (χ1) is 10.6. The van der Waals surface area contributed by atoms with Crippen LogP contribution in [0.1, 0.15) is 36.8 Å². The highest BCUT2D eigenvalue weighted by molar-refractivity contribution is 5.49. The van der Waals surface area contributed by atoms with Crippen molar-refractivity contribution in [3.8, 4) is 11.5 Å². The molecule has 6 heteroatoms. The van der Waals surface area contributed by atoms with Crippen molar-refractivity contribution in [1.29, 1.82) is 0 Å². The average molecular weight is 298 g/mol. The van der Waals surface area contributed by atoms with Gasteiger partial charge in [-0.15, -0.1) is 0 Å². The van der Waals surface area contributed by atoms with Gasteiger partial charge in [0.1, 0.15) is 5.82 Å². The van der Waals surface area contributed by atoms with Crippen molar-refractivity contribution in [3.63, 3.8) is 0 Å². The summed E-state index contributed by atoms with van der Waals surface area (Å²) in [6, 6.07) is 6.00. The Morgan fingerprint density at radius 3 is 2.64 bits per heavy atom. The molecule has 1 aromatic carbocycles. The van der Waals surface area contributed by atoms with Gasteiger partial charge in [0.25, 0.3) is 5.79 Å². The van der Waals surface area contributed by atoms with Gasteiger partial charge in [0, 0.05) is 31.0 Å². The summed E-state index contributed by atoms with van der Waals surface area (Å²) in [7, 11) is 0. The van der Waals surface area contributed by atoms with Gasteiger partial charge < -0.3 is 20.9 Å². The zero-order chi connectivity index (χ0) is 15.2. The van der Waals surface area contributed by atoms with E-state index in [1.807, 2.05) is 18.2 Å². The van der Waals surface area contributed by atoms with Gasteiger partial charge in [0.2, 0.25) is 5.95 Å². The zero-order valence-electron chi connectivity index (χ0n) is 12.2. The summed E-state index contributed by atoms with van der Waals surface area (Å²) >= 11 is 0. The predicted octanol–water partition coefficient (Wildman–Crippen LogP) is 2.27. The quantitative estimate of drug-likeness (QED) is 0.883. The lowest BCUT2D eigenvalue weighted by Gasteiger charge is -2.21. The van der Waals surface area contributed by atoms with Crippen molar-refractivity contribution in [2.24, 2.45) is 0 Å². The maximum absolute atomic E-state index is 6.08. The largest absolute Gasteiger partial charge is 0.448 e. The summed E-state index contributed by atoms with van der Waals surface area (Å²) in [4.78, 5) is 7.99. The Morgan fingerprint density at radius 2 is 1.86 bits per heavy atom. The Bertz CT molecular complexity index is 726. The second-order valence-corrected chi connectivity index (χ2v) is 5.92. The lowest BCUT2D eigenvalue weighted by Crippen LogP contribution is -2.34. The number of rotatable bonds is 2. The van der Waals surface area contributed by atoms with E-state index in [2.05, 4.69) is 9.97 Å². The van der Waals surface area contributed by atoms with Crippen LogP contribution in [0.15, 0.2) is 24.4 Å². The third kappa shape index (κ3) is 2.20. The van der Waals surface area contributed by atoms with E-state index < -0.39 is 5.79 Å². The first kappa shape index (κ1) is 13.2. The molecule has 0 atom stereocenters. The van der Waals surface area contributed by atoms with Gasteiger partial charge >= 0.3 is 0 Å². The fourth-order valence-corrected chi connectivity index (χ4v) is 3.16. The normalized spacial score (nSPS) is 18.0. The van der Waals surface area contributed by atoms with Crippen LogP contribution in [-0.2, 0) is 6.42 Å². The van der Waals surface area contributed by atoms with Crippen LogP contribution in [-0.4, -0.2) is 15.8 Å². The third-order valence-corrected chi connectivity index (χ3v) is 4.28. The Kier molecular flexibility index (Phi) is 2.85. The van der Waals surface area contributed by atoms with E-state index in [-0.39, 0.29) is 5.95 Å². The molecule has 1 aromatic heterocycles. The minimum atomic E-state index is -0.426. The van der Waals surface area contributed by atoms with Crippen molar-refractivity contribution in [3.05, 3.63) is 35.5 Å². The van der Waals surface area contributed by atoms with E-state index in [1.165, 1.54) is 0 Å². The lowest BCUT2D eigenvalue weighted by molar-refractivity contribution is -0.0716. The van der Waals surface area contributed by atoms with Crippen LogP contribution >= 0.6 is 0 Å². The molecule has 2 aromatic rings. The first-order valence-electron chi connectivity index (χ1n) is 7.51. The molecule has 1 spiro atoms. The standard InChI is InChI=1S/C16H18N4O2/c17-14-11(9-19-15(18)20-14)7-10-3-4-12-13(8-10)22-16(21-12)5-1-2-6-16/h3-4,8-9H,1-2,5-7H2,(H4,17,18,19,20). The number of hydrogen-bond donors (Lipinski definition) is 2. The van der Waals surface area contributed by atoms with E-state index >= 15 is 0 Å². The molecule has 2 aliphatic rings. The number of fused-ring (bicyclic) bond motifs is 1. The number of nitrogens with zero attached hydrogens (tertiary/aromatic N) is 2. The molecule has 114 valence electrons. The van der Waals surface area contributed by atoms with Gasteiger partial charge in [0.15, 0.2) is 11.5 Å². The van der Waals surface area contributed by atoms with Gasteiger partial charge in [0.05, 0.1) is 0 Å². The lowest BCUT2D eigenvalue weighted by atomic mass is 10.1. The summed E-state index contributed by atoms with van der Waals surface area (Å²) in [5, 5.41) is 0. The van der Waals surface area contributed by atoms with E-state index in [1.54, 1.807) is 6.20 Å². The molecule has 1 saturated carbocycles. The topological polar surface area (TPSA) is 96.3 Å². The third-order valence-electron chi connectivity index (χ3n) is 4.28. The fraction of sp³-hybridized carbons (Fsp3) is 0.375. The van der Waals surface area contributed by atoms with Crippen LogP contribution in [0.2, 0.25) is 0 Å². The van der Waals surface area contributed by atoms with E-state index in [0.717, 1.165) is 48.3 Å². The number of hydrogen-bond acceptors (Lipinski definition) is 6. The van der Waals surface area contributed by atoms with E-state index in [0.29, 0.717) is 12.2 Å². The van der Waals surface area contributed by atoms with E-state index in [9.17, 15) is 0 Å². The maximum Gasteiger partial charge on any atom is 0.251 e. The molecule has 4 rings (SSSR count). The smallest absolute Gasteiger partial charge is 0.251 e. The molecular formula is C16H18N4O2. The van der Waals surface area contributed by atoms with Crippen molar-refractivity contribution >= 4 is 11.8 Å². The molecule has 0 amide bonds. The fourth-order valence-electron chi connectivity index (χ4n) is 3.16. The van der Waals surface area contributed by atoms with Crippen molar-refractivity contribution in [1.82, 2.24) is 9.97 Å². The average Bonchev–Trinajstić information content (AvgIpc) is 3.08. The molecule has 4 N–H and O–H groups in total. The summed E-state index contributed by atoms with van der Waals surface area (Å²) in [5.41, 5.74) is 13.3. The molecule has 0 bridgehead atoms. The summed E-state index contributed by atoms with van der Waals surface area (Å²) in [6.07, 6.45) is 6.52. The number of nitrogens with two attached hydrogens (primary N) is 2. The molecule has 22 heavy (non-hydrogen) atoms. The Balaban J connectivity index is 1.58. The molecular weight excluding hydrogens is 280 g/mol. The molecule has 0 radical (unpaired) electrons. The first-order valence-corrected chi connectivity index (χ1v) is 7.51. The van der Waals surface area contributed by atoms with Gasteiger partial charge in [-0.25, -0.2) is 4.98 Å². The van der Waals surface area contributed by atoms with Crippen LogP contribution in [0.5, 0.6) is 11.5 Å². The van der Waals surface area contributed by atoms with Crippen LogP contribution in [0.3, 0.4) is 0 Å². The predicted molar refractivity (Wildman–Crippen MR) is 82.6 cm³/mol. The summed E-state index contributed by atoms with van der Waals surface area (Å²) < 4.78 is 12.1. The maximum atomic E-state index is 6.08. The van der Waals surface area contributed by atoms with Gasteiger partial charge in [-0.05, 0) is 30.5 Å². The Morgan fingerprint density at radius 1 is 1.09 bits per heavy atom. The molecule has 0 unspecified atom stereocenters. The second-order valence-electron chi connectivity index (χ2n) is 5.92. The second kappa shape index (κ2) is 4.76. The molecule has 6 nitrogen and oxygen atoms in total. The Labute approximate surface area is 128 Å².